The fraction of sp³-hybridized carbons (Fsp3) is 0.529. The number of aryl methyl sites for hydroxylation is 2. The second-order valence-electron chi connectivity index (χ2n) is 7.06. The molecule has 0 spiro atoms. The zero-order valence-electron chi connectivity index (χ0n) is 14.5. The van der Waals surface area contributed by atoms with Crippen molar-refractivity contribution in [3.05, 3.63) is 33.6 Å². The molecule has 0 radical (unpaired) electrons. The van der Waals surface area contributed by atoms with Crippen molar-refractivity contribution in [2.24, 2.45) is 0 Å². The normalized spacial score (nSPS) is 14.6. The minimum Gasteiger partial charge on any atom is -0.305 e. The average Bonchev–Trinajstić information content (AvgIpc) is 3.02. The lowest BCUT2D eigenvalue weighted by molar-refractivity contribution is 0.0974. The van der Waals surface area contributed by atoms with Crippen LogP contribution in [0.15, 0.2) is 16.6 Å². The number of benzene rings is 1. The number of carbonyl (C=O) groups is 1. The quantitative estimate of drug-likeness (QED) is 0.787. The smallest absolute Gasteiger partial charge is 0.299 e. The Balaban J connectivity index is 2.00. The van der Waals surface area contributed by atoms with E-state index in [1.807, 2.05) is 25.7 Å². The van der Waals surface area contributed by atoms with Gasteiger partial charge in [0.05, 0.1) is 11.2 Å². The largest absolute Gasteiger partial charge is 0.305 e. The van der Waals surface area contributed by atoms with Crippen LogP contribution in [0.2, 0.25) is 0 Å². The fourth-order valence-electron chi connectivity index (χ4n) is 2.97. The van der Waals surface area contributed by atoms with Gasteiger partial charge in [-0.1, -0.05) is 22.9 Å². The first kappa shape index (κ1) is 17.1. The number of rotatable bonds is 2. The molecule has 0 saturated carbocycles. The van der Waals surface area contributed by atoms with Crippen LogP contribution >= 0.6 is 15.9 Å². The van der Waals surface area contributed by atoms with Gasteiger partial charge < -0.3 is 4.90 Å². The van der Waals surface area contributed by atoms with E-state index < -0.39 is 0 Å². The average molecular weight is 392 g/mol. The molecule has 3 rings (SSSR count). The Bertz CT molecular complexity index is 761. The summed E-state index contributed by atoms with van der Waals surface area (Å²) < 4.78 is 1.06. The lowest BCUT2D eigenvalue weighted by atomic mass is 9.96. The first-order valence-electron chi connectivity index (χ1n) is 8.25. The van der Waals surface area contributed by atoms with Crippen LogP contribution in [-0.4, -0.2) is 32.7 Å². The highest BCUT2D eigenvalue weighted by atomic mass is 79.9. The van der Waals surface area contributed by atoms with Gasteiger partial charge in [-0.2, -0.15) is 4.80 Å². The summed E-state index contributed by atoms with van der Waals surface area (Å²) in [5.41, 5.74) is 3.08. The number of aromatic nitrogens is 4. The summed E-state index contributed by atoms with van der Waals surface area (Å²) in [6.07, 6.45) is 2.78. The van der Waals surface area contributed by atoms with Crippen molar-refractivity contribution in [1.29, 1.82) is 0 Å². The van der Waals surface area contributed by atoms with E-state index in [-0.39, 0.29) is 17.3 Å². The van der Waals surface area contributed by atoms with Gasteiger partial charge in [-0.3, -0.25) is 4.79 Å². The Hall–Kier alpha value is -1.76. The highest BCUT2D eigenvalue weighted by molar-refractivity contribution is 9.10. The van der Waals surface area contributed by atoms with Crippen LogP contribution in [-0.2, 0) is 18.4 Å². The molecular weight excluding hydrogens is 370 g/mol. The standard InChI is InChI=1S/C17H22BrN5O/c1-5-11-9-13(18)10-12-7-6-8-22(14(11)12)16(24)15-19-21-23(20-15)17(2,3)4/h9-10H,5-8H2,1-4H3. The van der Waals surface area contributed by atoms with Crippen molar-refractivity contribution in [2.75, 3.05) is 11.4 Å². The van der Waals surface area contributed by atoms with Crippen LogP contribution < -0.4 is 4.90 Å². The summed E-state index contributed by atoms with van der Waals surface area (Å²) >= 11 is 3.57. The molecule has 0 N–H and O–H groups in total. The van der Waals surface area contributed by atoms with E-state index >= 15 is 0 Å². The molecule has 1 aliphatic rings. The van der Waals surface area contributed by atoms with Crippen LogP contribution in [0.5, 0.6) is 0 Å². The number of hydrogen-bond donors (Lipinski definition) is 0. The molecule has 0 bridgehead atoms. The molecule has 1 aliphatic heterocycles. The number of amides is 1. The van der Waals surface area contributed by atoms with E-state index in [0.29, 0.717) is 6.54 Å². The van der Waals surface area contributed by atoms with Gasteiger partial charge in [0, 0.05) is 11.0 Å². The van der Waals surface area contributed by atoms with Crippen LogP contribution in [0.1, 0.15) is 55.9 Å². The molecule has 1 aromatic heterocycles. The topological polar surface area (TPSA) is 63.9 Å². The van der Waals surface area contributed by atoms with Gasteiger partial charge in [0.1, 0.15) is 0 Å². The lowest BCUT2D eigenvalue weighted by Gasteiger charge is -2.31. The molecule has 1 aromatic carbocycles. The second kappa shape index (κ2) is 6.27. The number of halogens is 1. The minimum atomic E-state index is -0.301. The summed E-state index contributed by atoms with van der Waals surface area (Å²) in [6.45, 7) is 8.72. The third-order valence-corrected chi connectivity index (χ3v) is 4.62. The molecule has 128 valence electrons. The molecular formula is C17H22BrN5O. The van der Waals surface area contributed by atoms with E-state index in [1.54, 1.807) is 0 Å². The molecule has 0 unspecified atom stereocenters. The van der Waals surface area contributed by atoms with Crippen LogP contribution in [0.25, 0.3) is 0 Å². The molecule has 2 heterocycles. The van der Waals surface area contributed by atoms with Gasteiger partial charge in [0.25, 0.3) is 11.7 Å². The van der Waals surface area contributed by atoms with Gasteiger partial charge >= 0.3 is 0 Å². The summed E-state index contributed by atoms with van der Waals surface area (Å²) in [5, 5.41) is 12.3. The molecule has 0 aliphatic carbocycles. The van der Waals surface area contributed by atoms with Gasteiger partial charge in [-0.15, -0.1) is 10.2 Å². The third-order valence-electron chi connectivity index (χ3n) is 4.16. The van der Waals surface area contributed by atoms with Crippen LogP contribution in [0.4, 0.5) is 5.69 Å². The Kier molecular flexibility index (Phi) is 4.46. The van der Waals surface area contributed by atoms with Crippen LogP contribution in [0.3, 0.4) is 0 Å². The Morgan fingerprint density at radius 3 is 2.71 bits per heavy atom. The number of tetrazole rings is 1. The van der Waals surface area contributed by atoms with E-state index in [1.165, 1.54) is 10.4 Å². The van der Waals surface area contributed by atoms with E-state index in [2.05, 4.69) is 50.4 Å². The van der Waals surface area contributed by atoms with E-state index in [4.69, 9.17) is 0 Å². The van der Waals surface area contributed by atoms with Gasteiger partial charge in [-0.05, 0) is 68.5 Å². The van der Waals surface area contributed by atoms with E-state index in [0.717, 1.165) is 35.0 Å². The monoisotopic (exact) mass is 391 g/mol. The third kappa shape index (κ3) is 3.09. The van der Waals surface area contributed by atoms with Crippen molar-refractivity contribution in [2.45, 2.75) is 52.5 Å². The number of nitrogens with zero attached hydrogens (tertiary/aromatic N) is 5. The van der Waals surface area contributed by atoms with Crippen molar-refractivity contribution >= 4 is 27.5 Å². The second-order valence-corrected chi connectivity index (χ2v) is 7.98. The maximum absolute atomic E-state index is 13.0. The Morgan fingerprint density at radius 2 is 2.08 bits per heavy atom. The highest BCUT2D eigenvalue weighted by Crippen LogP contribution is 2.35. The van der Waals surface area contributed by atoms with Crippen molar-refractivity contribution in [3.8, 4) is 0 Å². The van der Waals surface area contributed by atoms with Gasteiger partial charge in [0.15, 0.2) is 0 Å². The fourth-order valence-corrected chi connectivity index (χ4v) is 3.52. The summed E-state index contributed by atoms with van der Waals surface area (Å²) in [4.78, 5) is 16.3. The zero-order valence-corrected chi connectivity index (χ0v) is 16.1. The molecule has 1 amide bonds. The highest BCUT2D eigenvalue weighted by Gasteiger charge is 2.29. The molecule has 2 aromatic rings. The first-order valence-corrected chi connectivity index (χ1v) is 9.04. The minimum absolute atomic E-state index is 0.155. The number of hydrogen-bond acceptors (Lipinski definition) is 4. The molecule has 0 fully saturated rings. The maximum atomic E-state index is 13.0. The summed E-state index contributed by atoms with van der Waals surface area (Å²) in [7, 11) is 0. The van der Waals surface area contributed by atoms with Crippen LogP contribution in [0, 0.1) is 0 Å². The maximum Gasteiger partial charge on any atom is 0.299 e. The molecule has 0 saturated heterocycles. The Labute approximate surface area is 150 Å². The molecule has 0 atom stereocenters. The predicted octanol–water partition coefficient (Wildman–Crippen LogP) is 3.35. The van der Waals surface area contributed by atoms with Crippen molar-refractivity contribution in [1.82, 2.24) is 20.2 Å². The van der Waals surface area contributed by atoms with Crippen molar-refractivity contribution in [3.63, 3.8) is 0 Å². The Morgan fingerprint density at radius 1 is 1.33 bits per heavy atom. The van der Waals surface area contributed by atoms with Gasteiger partial charge in [0.2, 0.25) is 0 Å². The van der Waals surface area contributed by atoms with Crippen molar-refractivity contribution < 1.29 is 4.79 Å². The number of carbonyl (C=O) groups excluding carboxylic acids is 1. The number of fused-ring (bicyclic) bond motifs is 1. The SMILES string of the molecule is CCc1cc(Br)cc2c1N(C(=O)c1nnn(C(C)(C)C)n1)CCC2. The lowest BCUT2D eigenvalue weighted by Crippen LogP contribution is -2.37. The first-order chi connectivity index (χ1) is 11.3. The summed E-state index contributed by atoms with van der Waals surface area (Å²) in [6, 6.07) is 4.19. The van der Waals surface area contributed by atoms with Gasteiger partial charge in [-0.25, -0.2) is 0 Å². The molecule has 6 nitrogen and oxygen atoms in total. The van der Waals surface area contributed by atoms with E-state index in [9.17, 15) is 4.79 Å². The predicted molar refractivity (Wildman–Crippen MR) is 96.3 cm³/mol. The molecule has 7 heteroatoms. The zero-order chi connectivity index (χ0) is 17.5. The molecule has 24 heavy (non-hydrogen) atoms. The number of anilines is 1. The summed E-state index contributed by atoms with van der Waals surface area (Å²) in [5.74, 6) is -0.0220.